The minimum absolute atomic E-state index is 0.108. The summed E-state index contributed by atoms with van der Waals surface area (Å²) in [5.41, 5.74) is 1.49. The monoisotopic (exact) mass is 424 g/mol. The van der Waals surface area contributed by atoms with Crippen molar-refractivity contribution in [2.45, 2.75) is 6.54 Å². The van der Waals surface area contributed by atoms with Crippen LogP contribution in [0.2, 0.25) is 0 Å². The molecule has 2 heterocycles. The van der Waals surface area contributed by atoms with Crippen LogP contribution in [0.5, 0.6) is 0 Å². The van der Waals surface area contributed by atoms with Crippen molar-refractivity contribution < 1.29 is 18.8 Å². The lowest BCUT2D eigenvalue weighted by atomic mass is 10.2. The van der Waals surface area contributed by atoms with Crippen LogP contribution in [0.4, 0.5) is 10.1 Å². The van der Waals surface area contributed by atoms with Gasteiger partial charge in [0.15, 0.2) is 0 Å². The summed E-state index contributed by atoms with van der Waals surface area (Å²) in [7, 11) is 0. The first-order valence-corrected chi connectivity index (χ1v) is 10.4. The van der Waals surface area contributed by atoms with Gasteiger partial charge in [0, 0.05) is 45.8 Å². The summed E-state index contributed by atoms with van der Waals surface area (Å²) < 4.78 is 14.0. The first-order chi connectivity index (χ1) is 15.0. The van der Waals surface area contributed by atoms with Crippen molar-refractivity contribution in [3.63, 3.8) is 0 Å². The number of hydrogen-bond donors (Lipinski definition) is 0. The zero-order chi connectivity index (χ0) is 21.8. The van der Waals surface area contributed by atoms with Gasteiger partial charge in [-0.1, -0.05) is 42.5 Å². The predicted octanol–water partition coefficient (Wildman–Crippen LogP) is 1.35. The summed E-state index contributed by atoms with van der Waals surface area (Å²) in [5, 5.41) is 0. The van der Waals surface area contributed by atoms with Crippen LogP contribution in [0.1, 0.15) is 5.56 Å². The molecule has 31 heavy (non-hydrogen) atoms. The van der Waals surface area contributed by atoms with Crippen LogP contribution >= 0.6 is 0 Å². The second-order valence-corrected chi connectivity index (χ2v) is 7.76. The molecule has 4 rings (SSSR count). The number of carbonyl (C=O) groups excluding carboxylic acids is 3. The van der Waals surface area contributed by atoms with Gasteiger partial charge in [0.2, 0.25) is 5.91 Å². The average Bonchev–Trinajstić information content (AvgIpc) is 2.80. The summed E-state index contributed by atoms with van der Waals surface area (Å²) in [6.45, 7) is 2.93. The van der Waals surface area contributed by atoms with Gasteiger partial charge in [0.1, 0.15) is 12.4 Å². The lowest BCUT2D eigenvalue weighted by molar-refractivity contribution is -0.158. The summed E-state index contributed by atoms with van der Waals surface area (Å²) in [4.78, 5) is 44.2. The molecular formula is C23H25FN4O3. The molecule has 2 saturated heterocycles. The van der Waals surface area contributed by atoms with Crippen LogP contribution in [-0.2, 0) is 20.9 Å². The normalized spacial score (nSPS) is 17.3. The number of benzene rings is 2. The third-order valence-electron chi connectivity index (χ3n) is 5.77. The molecule has 162 valence electrons. The number of rotatable bonds is 5. The maximum absolute atomic E-state index is 14.0. The fraction of sp³-hybridized carbons (Fsp3) is 0.348. The SMILES string of the molecule is O=C(CN1CCN(Cc2ccccc2)C(=O)C1=O)N1CCN(c2ccccc2F)CC1. The van der Waals surface area contributed by atoms with E-state index in [1.807, 2.05) is 35.2 Å². The van der Waals surface area contributed by atoms with Crippen molar-refractivity contribution in [3.8, 4) is 0 Å². The van der Waals surface area contributed by atoms with Gasteiger partial charge < -0.3 is 19.6 Å². The summed E-state index contributed by atoms with van der Waals surface area (Å²) >= 11 is 0. The second-order valence-electron chi connectivity index (χ2n) is 7.76. The van der Waals surface area contributed by atoms with Gasteiger partial charge in [-0.25, -0.2) is 4.39 Å². The molecule has 0 saturated carbocycles. The molecular weight excluding hydrogens is 399 g/mol. The fourth-order valence-electron chi connectivity index (χ4n) is 3.99. The largest absolute Gasteiger partial charge is 0.366 e. The van der Waals surface area contributed by atoms with E-state index in [0.717, 1.165) is 5.56 Å². The molecule has 0 bridgehead atoms. The number of anilines is 1. The van der Waals surface area contributed by atoms with E-state index in [4.69, 9.17) is 0 Å². The molecule has 3 amide bonds. The van der Waals surface area contributed by atoms with Crippen molar-refractivity contribution in [1.82, 2.24) is 14.7 Å². The smallest absolute Gasteiger partial charge is 0.312 e. The van der Waals surface area contributed by atoms with Gasteiger partial charge in [0.05, 0.1) is 5.69 Å². The molecule has 0 aliphatic carbocycles. The Labute approximate surface area is 180 Å². The van der Waals surface area contributed by atoms with Crippen LogP contribution in [0.3, 0.4) is 0 Å². The zero-order valence-electron chi connectivity index (χ0n) is 17.2. The maximum Gasteiger partial charge on any atom is 0.312 e. The van der Waals surface area contributed by atoms with Gasteiger partial charge in [-0.15, -0.1) is 0 Å². The highest BCUT2D eigenvalue weighted by molar-refractivity contribution is 6.35. The van der Waals surface area contributed by atoms with E-state index in [1.165, 1.54) is 15.9 Å². The fourth-order valence-corrected chi connectivity index (χ4v) is 3.99. The molecule has 2 aliphatic rings. The number of piperazine rings is 2. The van der Waals surface area contributed by atoms with E-state index >= 15 is 0 Å². The Morgan fingerprint density at radius 3 is 2.10 bits per heavy atom. The number of nitrogens with zero attached hydrogens (tertiary/aromatic N) is 4. The lowest BCUT2D eigenvalue weighted by Crippen LogP contribution is -2.57. The van der Waals surface area contributed by atoms with E-state index in [0.29, 0.717) is 51.5 Å². The summed E-state index contributed by atoms with van der Waals surface area (Å²) in [6, 6.07) is 16.1. The van der Waals surface area contributed by atoms with E-state index in [-0.39, 0.29) is 18.3 Å². The first kappa shape index (κ1) is 20.8. The van der Waals surface area contributed by atoms with Crippen molar-refractivity contribution >= 4 is 23.4 Å². The van der Waals surface area contributed by atoms with E-state index in [1.54, 1.807) is 23.1 Å². The molecule has 0 spiro atoms. The van der Waals surface area contributed by atoms with E-state index in [9.17, 15) is 18.8 Å². The van der Waals surface area contributed by atoms with Crippen LogP contribution in [0, 0.1) is 5.82 Å². The molecule has 0 aromatic heterocycles. The highest BCUT2D eigenvalue weighted by atomic mass is 19.1. The third-order valence-corrected chi connectivity index (χ3v) is 5.77. The third kappa shape index (κ3) is 4.68. The van der Waals surface area contributed by atoms with Gasteiger partial charge in [0.25, 0.3) is 0 Å². The molecule has 0 atom stereocenters. The van der Waals surface area contributed by atoms with Crippen LogP contribution in [-0.4, -0.2) is 78.2 Å². The van der Waals surface area contributed by atoms with Crippen molar-refractivity contribution in [3.05, 3.63) is 66.0 Å². The van der Waals surface area contributed by atoms with Gasteiger partial charge in [-0.2, -0.15) is 0 Å². The molecule has 2 aliphatic heterocycles. The highest BCUT2D eigenvalue weighted by Gasteiger charge is 2.34. The first-order valence-electron chi connectivity index (χ1n) is 10.4. The number of carbonyl (C=O) groups is 3. The number of para-hydroxylation sites is 1. The Balaban J connectivity index is 1.29. The van der Waals surface area contributed by atoms with Crippen LogP contribution < -0.4 is 4.90 Å². The Morgan fingerprint density at radius 2 is 1.39 bits per heavy atom. The zero-order valence-corrected chi connectivity index (χ0v) is 17.2. The standard InChI is InChI=1S/C23H25FN4O3/c24-19-8-4-5-9-20(19)25-10-12-26(13-11-25)21(29)17-28-15-14-27(22(30)23(28)31)16-18-6-2-1-3-7-18/h1-9H,10-17H2. The number of amides is 3. The molecule has 0 unspecified atom stereocenters. The topological polar surface area (TPSA) is 64.2 Å². The van der Waals surface area contributed by atoms with E-state index < -0.39 is 11.8 Å². The quantitative estimate of drug-likeness (QED) is 0.680. The lowest BCUT2D eigenvalue weighted by Gasteiger charge is -2.38. The van der Waals surface area contributed by atoms with Crippen molar-refractivity contribution in [2.75, 3.05) is 50.7 Å². The Morgan fingerprint density at radius 1 is 0.774 bits per heavy atom. The summed E-state index contributed by atoms with van der Waals surface area (Å²) in [6.07, 6.45) is 0. The maximum atomic E-state index is 14.0. The van der Waals surface area contributed by atoms with Gasteiger partial charge in [-0.3, -0.25) is 14.4 Å². The Hall–Kier alpha value is -3.42. The molecule has 0 N–H and O–H groups in total. The molecule has 0 radical (unpaired) electrons. The Bertz CT molecular complexity index is 960. The molecule has 2 fully saturated rings. The minimum Gasteiger partial charge on any atom is -0.366 e. The Kier molecular flexibility index (Phi) is 6.16. The molecule has 2 aromatic rings. The number of hydrogen-bond acceptors (Lipinski definition) is 4. The molecule has 8 heteroatoms. The second kappa shape index (κ2) is 9.16. The van der Waals surface area contributed by atoms with Gasteiger partial charge >= 0.3 is 11.8 Å². The van der Waals surface area contributed by atoms with Crippen molar-refractivity contribution in [1.29, 1.82) is 0 Å². The van der Waals surface area contributed by atoms with Crippen LogP contribution in [0.15, 0.2) is 54.6 Å². The van der Waals surface area contributed by atoms with E-state index in [2.05, 4.69) is 0 Å². The van der Waals surface area contributed by atoms with Crippen molar-refractivity contribution in [2.24, 2.45) is 0 Å². The van der Waals surface area contributed by atoms with Crippen LogP contribution in [0.25, 0.3) is 0 Å². The average molecular weight is 424 g/mol. The molecule has 2 aromatic carbocycles. The minimum atomic E-state index is -0.638. The molecule has 7 nitrogen and oxygen atoms in total. The predicted molar refractivity (Wildman–Crippen MR) is 114 cm³/mol. The number of halogens is 1. The highest BCUT2D eigenvalue weighted by Crippen LogP contribution is 2.20. The van der Waals surface area contributed by atoms with Gasteiger partial charge in [-0.05, 0) is 17.7 Å². The summed E-state index contributed by atoms with van der Waals surface area (Å²) in [5.74, 6) is -1.68.